The van der Waals surface area contributed by atoms with Crippen molar-refractivity contribution in [1.82, 2.24) is 0 Å². The third-order valence-electron chi connectivity index (χ3n) is 5.22. The highest BCUT2D eigenvalue weighted by Crippen LogP contribution is 2.33. The lowest BCUT2D eigenvalue weighted by Crippen LogP contribution is -2.25. The Labute approximate surface area is 150 Å². The maximum atomic E-state index is 12.3. The standard InChI is InChI=1S/C21H30O4/c1-2-3-4-5-6-7-16-8-10-18(11-9-16)21(24)25-19-14-12-17(13-15-19)20(22)23/h12-16,18H,2-11H2,1H3,(H,22,23). The zero-order chi connectivity index (χ0) is 18.1. The highest BCUT2D eigenvalue weighted by molar-refractivity contribution is 5.87. The minimum atomic E-state index is -0.981. The number of esters is 1. The van der Waals surface area contributed by atoms with Crippen molar-refractivity contribution in [1.29, 1.82) is 0 Å². The van der Waals surface area contributed by atoms with Gasteiger partial charge in [0.1, 0.15) is 5.75 Å². The Kier molecular flexibility index (Phi) is 7.96. The van der Waals surface area contributed by atoms with Crippen LogP contribution in [0.5, 0.6) is 5.75 Å². The van der Waals surface area contributed by atoms with Crippen LogP contribution < -0.4 is 4.74 Å². The Hall–Kier alpha value is -1.84. The summed E-state index contributed by atoms with van der Waals surface area (Å²) in [6, 6.07) is 6.01. The average molecular weight is 346 g/mol. The van der Waals surface area contributed by atoms with Gasteiger partial charge in [-0.2, -0.15) is 0 Å². The van der Waals surface area contributed by atoms with Gasteiger partial charge >= 0.3 is 11.9 Å². The van der Waals surface area contributed by atoms with Crippen LogP contribution in [0.15, 0.2) is 24.3 Å². The molecule has 0 unspecified atom stereocenters. The van der Waals surface area contributed by atoms with Gasteiger partial charge in [0.2, 0.25) is 0 Å². The molecule has 2 rings (SSSR count). The van der Waals surface area contributed by atoms with Gasteiger partial charge in [0, 0.05) is 0 Å². The van der Waals surface area contributed by atoms with Crippen LogP contribution in [0.3, 0.4) is 0 Å². The number of aromatic carboxylic acids is 1. The molecule has 0 radical (unpaired) electrons. The van der Waals surface area contributed by atoms with Gasteiger partial charge in [-0.1, -0.05) is 45.4 Å². The molecule has 1 fully saturated rings. The second-order valence-corrected chi connectivity index (χ2v) is 7.17. The fourth-order valence-electron chi connectivity index (χ4n) is 3.59. The van der Waals surface area contributed by atoms with Gasteiger partial charge in [-0.15, -0.1) is 0 Å². The molecule has 1 saturated carbocycles. The molecule has 0 saturated heterocycles. The summed E-state index contributed by atoms with van der Waals surface area (Å²) in [5, 5.41) is 8.88. The molecule has 0 spiro atoms. The predicted octanol–water partition coefficient (Wildman–Crippen LogP) is 5.46. The molecule has 0 bridgehead atoms. The summed E-state index contributed by atoms with van der Waals surface area (Å²) in [6.45, 7) is 2.24. The van der Waals surface area contributed by atoms with Crippen molar-refractivity contribution < 1.29 is 19.4 Å². The second kappa shape index (κ2) is 10.2. The van der Waals surface area contributed by atoms with E-state index in [0.717, 1.165) is 31.6 Å². The summed E-state index contributed by atoms with van der Waals surface area (Å²) in [4.78, 5) is 23.1. The summed E-state index contributed by atoms with van der Waals surface area (Å²) in [7, 11) is 0. The Balaban J connectivity index is 1.69. The number of benzene rings is 1. The molecule has 1 aromatic rings. The van der Waals surface area contributed by atoms with Crippen molar-refractivity contribution >= 4 is 11.9 Å². The molecule has 0 aromatic heterocycles. The molecule has 4 nitrogen and oxygen atoms in total. The van der Waals surface area contributed by atoms with Crippen LogP contribution in [-0.4, -0.2) is 17.0 Å². The minimum absolute atomic E-state index is 0.0181. The molecule has 1 aliphatic carbocycles. The van der Waals surface area contributed by atoms with Gasteiger partial charge in [-0.05, 0) is 55.9 Å². The Bertz CT molecular complexity index is 542. The Morgan fingerprint density at radius 1 is 1.00 bits per heavy atom. The number of ether oxygens (including phenoxy) is 1. The first kappa shape index (κ1) is 19.5. The van der Waals surface area contributed by atoms with Crippen molar-refractivity contribution in [2.75, 3.05) is 0 Å². The van der Waals surface area contributed by atoms with E-state index in [4.69, 9.17) is 9.84 Å². The average Bonchev–Trinajstić information content (AvgIpc) is 2.62. The van der Waals surface area contributed by atoms with Crippen LogP contribution >= 0.6 is 0 Å². The number of unbranched alkanes of at least 4 members (excludes halogenated alkanes) is 4. The lowest BCUT2D eigenvalue weighted by atomic mass is 9.80. The molecule has 1 aromatic carbocycles. The Morgan fingerprint density at radius 3 is 2.24 bits per heavy atom. The molecule has 25 heavy (non-hydrogen) atoms. The second-order valence-electron chi connectivity index (χ2n) is 7.17. The van der Waals surface area contributed by atoms with E-state index in [2.05, 4.69) is 6.92 Å². The van der Waals surface area contributed by atoms with Gasteiger partial charge in [0.25, 0.3) is 0 Å². The summed E-state index contributed by atoms with van der Waals surface area (Å²) < 4.78 is 5.42. The monoisotopic (exact) mass is 346 g/mol. The molecule has 1 aliphatic rings. The van der Waals surface area contributed by atoms with Crippen LogP contribution in [0.4, 0.5) is 0 Å². The normalized spacial score (nSPS) is 20.2. The molecule has 0 amide bonds. The number of carboxylic acid groups (broad SMARTS) is 1. The smallest absolute Gasteiger partial charge is 0.335 e. The van der Waals surface area contributed by atoms with Crippen LogP contribution in [0, 0.1) is 11.8 Å². The van der Waals surface area contributed by atoms with Crippen molar-refractivity contribution in [2.45, 2.75) is 71.1 Å². The van der Waals surface area contributed by atoms with Crippen LogP contribution in [-0.2, 0) is 4.79 Å². The van der Waals surface area contributed by atoms with E-state index in [1.807, 2.05) is 0 Å². The van der Waals surface area contributed by atoms with E-state index in [0.29, 0.717) is 5.75 Å². The highest BCUT2D eigenvalue weighted by Gasteiger charge is 2.27. The topological polar surface area (TPSA) is 63.6 Å². The van der Waals surface area contributed by atoms with Crippen molar-refractivity contribution in [3.8, 4) is 5.75 Å². The first-order chi connectivity index (χ1) is 12.1. The fourth-order valence-corrected chi connectivity index (χ4v) is 3.59. The van der Waals surface area contributed by atoms with Gasteiger partial charge in [0.05, 0.1) is 11.5 Å². The van der Waals surface area contributed by atoms with Gasteiger partial charge < -0.3 is 9.84 Å². The van der Waals surface area contributed by atoms with E-state index in [1.54, 1.807) is 12.1 Å². The summed E-state index contributed by atoms with van der Waals surface area (Å²) in [6.07, 6.45) is 12.0. The van der Waals surface area contributed by atoms with Crippen LogP contribution in [0.2, 0.25) is 0 Å². The van der Waals surface area contributed by atoms with Crippen molar-refractivity contribution in [2.24, 2.45) is 11.8 Å². The predicted molar refractivity (Wildman–Crippen MR) is 97.9 cm³/mol. The molecular formula is C21H30O4. The van der Waals surface area contributed by atoms with Crippen molar-refractivity contribution in [3.63, 3.8) is 0 Å². The molecule has 1 N–H and O–H groups in total. The van der Waals surface area contributed by atoms with Gasteiger partial charge in [0.15, 0.2) is 0 Å². The number of hydrogen-bond acceptors (Lipinski definition) is 3. The molecule has 138 valence electrons. The third kappa shape index (κ3) is 6.52. The number of carbonyl (C=O) groups is 2. The molecule has 0 atom stereocenters. The summed E-state index contributed by atoms with van der Waals surface area (Å²) in [5.41, 5.74) is 0.194. The largest absolute Gasteiger partial charge is 0.478 e. The molecular weight excluding hydrogens is 316 g/mol. The van der Waals surface area contributed by atoms with Gasteiger partial charge in [-0.3, -0.25) is 4.79 Å². The highest BCUT2D eigenvalue weighted by atomic mass is 16.5. The van der Waals surface area contributed by atoms with Crippen LogP contribution in [0.25, 0.3) is 0 Å². The lowest BCUT2D eigenvalue weighted by Gasteiger charge is -2.27. The first-order valence-electron chi connectivity index (χ1n) is 9.65. The van der Waals surface area contributed by atoms with E-state index in [1.165, 1.54) is 50.7 Å². The quantitative estimate of drug-likeness (QED) is 0.366. The molecule has 0 heterocycles. The molecule has 4 heteroatoms. The maximum absolute atomic E-state index is 12.3. The maximum Gasteiger partial charge on any atom is 0.335 e. The number of carbonyl (C=O) groups excluding carboxylic acids is 1. The fraction of sp³-hybridized carbons (Fsp3) is 0.619. The number of rotatable bonds is 9. The molecule has 0 aliphatic heterocycles. The number of carboxylic acids is 1. The third-order valence-corrected chi connectivity index (χ3v) is 5.22. The van der Waals surface area contributed by atoms with Gasteiger partial charge in [-0.25, -0.2) is 4.79 Å². The first-order valence-corrected chi connectivity index (χ1v) is 9.65. The van der Waals surface area contributed by atoms with E-state index >= 15 is 0 Å². The lowest BCUT2D eigenvalue weighted by molar-refractivity contribution is -0.140. The van der Waals surface area contributed by atoms with Crippen LogP contribution in [0.1, 0.15) is 81.5 Å². The Morgan fingerprint density at radius 2 is 1.64 bits per heavy atom. The van der Waals surface area contributed by atoms with E-state index in [-0.39, 0.29) is 17.5 Å². The minimum Gasteiger partial charge on any atom is -0.478 e. The SMILES string of the molecule is CCCCCCCC1CCC(C(=O)Oc2ccc(C(=O)O)cc2)CC1. The van der Waals surface area contributed by atoms with E-state index < -0.39 is 5.97 Å². The van der Waals surface area contributed by atoms with Crippen molar-refractivity contribution in [3.05, 3.63) is 29.8 Å². The summed E-state index contributed by atoms with van der Waals surface area (Å²) in [5.74, 6) is 0.0134. The van der Waals surface area contributed by atoms with E-state index in [9.17, 15) is 9.59 Å². The zero-order valence-electron chi connectivity index (χ0n) is 15.2. The number of hydrogen-bond donors (Lipinski definition) is 1. The zero-order valence-corrected chi connectivity index (χ0v) is 15.2. The summed E-state index contributed by atoms with van der Waals surface area (Å²) >= 11 is 0.